The number of hydrogen-bond acceptors (Lipinski definition) is 2. The Balaban J connectivity index is 2.09. The molecule has 2 aromatic heterocycles. The Kier molecular flexibility index (Phi) is 4.24. The van der Waals surface area contributed by atoms with Crippen LogP contribution >= 0.6 is 27.3 Å². The van der Waals surface area contributed by atoms with E-state index in [1.807, 2.05) is 42.9 Å². The fraction of sp³-hybridized carbons (Fsp3) is 0.308. The van der Waals surface area contributed by atoms with Crippen molar-refractivity contribution in [2.45, 2.75) is 20.0 Å². The number of hydrogen-bond donors (Lipinski definition) is 0. The van der Waals surface area contributed by atoms with E-state index in [4.69, 9.17) is 0 Å². The number of aryl methyl sites for hydroxylation is 1. The van der Waals surface area contributed by atoms with E-state index in [9.17, 15) is 4.79 Å². The molecule has 96 valence electrons. The van der Waals surface area contributed by atoms with Crippen LogP contribution in [0.1, 0.15) is 23.0 Å². The van der Waals surface area contributed by atoms with Crippen molar-refractivity contribution < 1.29 is 4.79 Å². The van der Waals surface area contributed by atoms with Gasteiger partial charge < -0.3 is 9.47 Å². The Morgan fingerprint density at radius 2 is 2.33 bits per heavy atom. The van der Waals surface area contributed by atoms with Gasteiger partial charge >= 0.3 is 0 Å². The minimum Gasteiger partial charge on any atom is -0.344 e. The van der Waals surface area contributed by atoms with Gasteiger partial charge in [-0.2, -0.15) is 0 Å². The molecule has 0 saturated heterocycles. The molecule has 0 radical (unpaired) electrons. The summed E-state index contributed by atoms with van der Waals surface area (Å²) in [4.78, 5) is 14.0. The molecule has 18 heavy (non-hydrogen) atoms. The summed E-state index contributed by atoms with van der Waals surface area (Å²) in [6, 6.07) is 5.82. The molecule has 2 rings (SSSR count). The van der Waals surface area contributed by atoms with E-state index in [0.29, 0.717) is 6.54 Å². The number of amides is 1. The standard InChI is InChI=1S/C13H15BrN2OS/c1-3-16-6-4-5-11(16)13(17)15(2)8-10-7-12(14)18-9-10/h4-7,9H,3,8H2,1-2H3. The highest BCUT2D eigenvalue weighted by atomic mass is 79.9. The van der Waals surface area contributed by atoms with Gasteiger partial charge in [0.1, 0.15) is 5.69 Å². The van der Waals surface area contributed by atoms with Gasteiger partial charge in [-0.1, -0.05) is 0 Å². The first-order valence-corrected chi connectivity index (χ1v) is 7.42. The zero-order valence-corrected chi connectivity index (χ0v) is 12.8. The Labute approximate surface area is 119 Å². The van der Waals surface area contributed by atoms with Gasteiger partial charge in [0.2, 0.25) is 0 Å². The van der Waals surface area contributed by atoms with Gasteiger partial charge in [0.05, 0.1) is 3.79 Å². The summed E-state index contributed by atoms with van der Waals surface area (Å²) in [5.41, 5.74) is 1.90. The third-order valence-corrected chi connectivity index (χ3v) is 4.33. The van der Waals surface area contributed by atoms with Gasteiger partial charge in [0, 0.05) is 26.3 Å². The first-order valence-electron chi connectivity index (χ1n) is 5.75. The lowest BCUT2D eigenvalue weighted by Gasteiger charge is -2.17. The molecule has 2 aromatic rings. The number of carbonyl (C=O) groups is 1. The van der Waals surface area contributed by atoms with Crippen molar-refractivity contribution in [3.05, 3.63) is 44.8 Å². The third-order valence-electron chi connectivity index (χ3n) is 2.78. The van der Waals surface area contributed by atoms with Crippen LogP contribution in [0.15, 0.2) is 33.6 Å². The smallest absolute Gasteiger partial charge is 0.270 e. The molecule has 0 saturated carbocycles. The lowest BCUT2D eigenvalue weighted by Crippen LogP contribution is -2.27. The lowest BCUT2D eigenvalue weighted by atomic mass is 10.3. The number of thiophene rings is 1. The largest absolute Gasteiger partial charge is 0.344 e. The van der Waals surface area contributed by atoms with E-state index in [-0.39, 0.29) is 5.91 Å². The summed E-state index contributed by atoms with van der Waals surface area (Å²) in [7, 11) is 1.83. The summed E-state index contributed by atoms with van der Waals surface area (Å²) < 4.78 is 3.05. The average Bonchev–Trinajstić information content (AvgIpc) is 2.96. The Morgan fingerprint density at radius 1 is 1.56 bits per heavy atom. The van der Waals surface area contributed by atoms with E-state index in [1.165, 1.54) is 0 Å². The van der Waals surface area contributed by atoms with Gasteiger partial charge in [0.15, 0.2) is 0 Å². The van der Waals surface area contributed by atoms with Crippen LogP contribution in [0.3, 0.4) is 0 Å². The molecule has 0 aliphatic carbocycles. The van der Waals surface area contributed by atoms with Crippen molar-refractivity contribution in [1.82, 2.24) is 9.47 Å². The maximum absolute atomic E-state index is 12.3. The third kappa shape index (κ3) is 2.84. The molecule has 2 heterocycles. The van der Waals surface area contributed by atoms with Crippen LogP contribution in [0.4, 0.5) is 0 Å². The lowest BCUT2D eigenvalue weighted by molar-refractivity contribution is 0.0774. The van der Waals surface area contributed by atoms with Crippen LogP contribution in [0.5, 0.6) is 0 Å². The SMILES string of the molecule is CCn1cccc1C(=O)N(C)Cc1csc(Br)c1. The molecule has 0 unspecified atom stereocenters. The van der Waals surface area contributed by atoms with Crippen LogP contribution in [0.2, 0.25) is 0 Å². The van der Waals surface area contributed by atoms with E-state index in [1.54, 1.807) is 16.2 Å². The molecule has 0 fully saturated rings. The van der Waals surface area contributed by atoms with Crippen LogP contribution < -0.4 is 0 Å². The quantitative estimate of drug-likeness (QED) is 0.842. The van der Waals surface area contributed by atoms with Crippen molar-refractivity contribution >= 4 is 33.2 Å². The first kappa shape index (κ1) is 13.4. The highest BCUT2D eigenvalue weighted by molar-refractivity contribution is 9.11. The molecule has 0 spiro atoms. The van der Waals surface area contributed by atoms with Crippen molar-refractivity contribution in [1.29, 1.82) is 0 Å². The summed E-state index contributed by atoms with van der Waals surface area (Å²) in [6.07, 6.45) is 1.93. The van der Waals surface area contributed by atoms with E-state index < -0.39 is 0 Å². The summed E-state index contributed by atoms with van der Waals surface area (Å²) in [6.45, 7) is 3.48. The first-order chi connectivity index (χ1) is 8.61. The van der Waals surface area contributed by atoms with E-state index in [0.717, 1.165) is 21.6 Å². The summed E-state index contributed by atoms with van der Waals surface area (Å²) in [5.74, 6) is 0.0594. The molecule has 0 aliphatic rings. The number of nitrogens with zero attached hydrogens (tertiary/aromatic N) is 2. The van der Waals surface area contributed by atoms with E-state index in [2.05, 4.69) is 21.3 Å². The van der Waals surface area contributed by atoms with Gasteiger partial charge in [-0.3, -0.25) is 4.79 Å². The zero-order chi connectivity index (χ0) is 13.1. The molecule has 3 nitrogen and oxygen atoms in total. The van der Waals surface area contributed by atoms with Gasteiger partial charge in [0.25, 0.3) is 5.91 Å². The molecule has 0 aromatic carbocycles. The number of rotatable bonds is 4. The minimum atomic E-state index is 0.0594. The molecule has 5 heteroatoms. The average molecular weight is 327 g/mol. The van der Waals surface area contributed by atoms with Gasteiger partial charge in [-0.05, 0) is 52.0 Å². The second-order valence-electron chi connectivity index (χ2n) is 4.10. The molecular formula is C13H15BrN2OS. The fourth-order valence-electron chi connectivity index (χ4n) is 1.85. The predicted molar refractivity (Wildman–Crippen MR) is 77.9 cm³/mol. The molecular weight excluding hydrogens is 312 g/mol. The Hall–Kier alpha value is -1.07. The summed E-state index contributed by atoms with van der Waals surface area (Å²) in [5, 5.41) is 2.06. The Morgan fingerprint density at radius 3 is 2.94 bits per heavy atom. The van der Waals surface area contributed by atoms with E-state index >= 15 is 0 Å². The van der Waals surface area contributed by atoms with Gasteiger partial charge in [-0.15, -0.1) is 11.3 Å². The van der Waals surface area contributed by atoms with Crippen molar-refractivity contribution in [2.24, 2.45) is 0 Å². The van der Waals surface area contributed by atoms with Crippen LogP contribution in [0.25, 0.3) is 0 Å². The molecule has 0 atom stereocenters. The topological polar surface area (TPSA) is 25.2 Å². The second kappa shape index (κ2) is 5.71. The van der Waals surface area contributed by atoms with Crippen molar-refractivity contribution in [3.63, 3.8) is 0 Å². The van der Waals surface area contributed by atoms with Crippen molar-refractivity contribution in [3.8, 4) is 0 Å². The maximum atomic E-state index is 12.3. The summed E-state index contributed by atoms with van der Waals surface area (Å²) >= 11 is 5.07. The van der Waals surface area contributed by atoms with Gasteiger partial charge in [-0.25, -0.2) is 0 Å². The Bertz CT molecular complexity index is 547. The van der Waals surface area contributed by atoms with Crippen LogP contribution in [0, 0.1) is 0 Å². The molecule has 1 amide bonds. The number of halogens is 1. The molecule has 0 aliphatic heterocycles. The fourth-order valence-corrected chi connectivity index (χ4v) is 3.05. The highest BCUT2D eigenvalue weighted by Crippen LogP contribution is 2.21. The minimum absolute atomic E-state index is 0.0594. The second-order valence-corrected chi connectivity index (χ2v) is 6.39. The zero-order valence-electron chi connectivity index (χ0n) is 10.4. The number of carbonyl (C=O) groups excluding carboxylic acids is 1. The monoisotopic (exact) mass is 326 g/mol. The van der Waals surface area contributed by atoms with Crippen LogP contribution in [-0.4, -0.2) is 22.4 Å². The van der Waals surface area contributed by atoms with Crippen LogP contribution in [-0.2, 0) is 13.1 Å². The predicted octanol–water partition coefficient (Wildman–Crippen LogP) is 3.60. The number of aromatic nitrogens is 1. The molecule has 0 N–H and O–H groups in total. The van der Waals surface area contributed by atoms with Crippen molar-refractivity contribution in [2.75, 3.05) is 7.05 Å². The normalized spacial score (nSPS) is 10.6. The highest BCUT2D eigenvalue weighted by Gasteiger charge is 2.15. The maximum Gasteiger partial charge on any atom is 0.270 e. The molecule has 0 bridgehead atoms.